The third-order valence-corrected chi connectivity index (χ3v) is 5.85. The van der Waals surface area contributed by atoms with Gasteiger partial charge >= 0.3 is 5.97 Å². The molecule has 0 saturated carbocycles. The Morgan fingerprint density at radius 1 is 1.21 bits per heavy atom. The maximum atomic E-state index is 13.2. The number of methoxy groups -OCH3 is 2. The first-order valence-corrected chi connectivity index (χ1v) is 9.53. The van der Waals surface area contributed by atoms with E-state index in [-0.39, 0.29) is 12.2 Å². The second kappa shape index (κ2) is 6.42. The van der Waals surface area contributed by atoms with E-state index in [1.165, 1.54) is 7.11 Å². The minimum atomic E-state index is -0.892. The molecule has 0 radical (unpaired) electrons. The van der Waals surface area contributed by atoms with Crippen LogP contribution in [0.1, 0.15) is 35.3 Å². The fraction of sp³-hybridized carbons (Fsp3) is 0.318. The van der Waals surface area contributed by atoms with Gasteiger partial charge in [0, 0.05) is 23.6 Å². The summed E-state index contributed by atoms with van der Waals surface area (Å²) in [5, 5.41) is 1.03. The monoisotopic (exact) mass is 392 g/mol. The number of hydrogen-bond donors (Lipinski definition) is 0. The van der Waals surface area contributed by atoms with Gasteiger partial charge in [0.1, 0.15) is 12.4 Å². The summed E-state index contributed by atoms with van der Waals surface area (Å²) in [6, 6.07) is 7.67. The summed E-state index contributed by atoms with van der Waals surface area (Å²) in [4.78, 5) is 30.2. The zero-order valence-corrected chi connectivity index (χ0v) is 16.4. The maximum Gasteiger partial charge on any atom is 0.340 e. The lowest BCUT2D eigenvalue weighted by Gasteiger charge is -2.24. The molecule has 4 heterocycles. The van der Waals surface area contributed by atoms with Crippen molar-refractivity contribution in [1.29, 1.82) is 0 Å². The van der Waals surface area contributed by atoms with Crippen LogP contribution in [0.25, 0.3) is 22.3 Å². The summed E-state index contributed by atoms with van der Waals surface area (Å²) in [5.74, 6) is 0.297. The Bertz CT molecular complexity index is 1240. The molecule has 0 spiro atoms. The van der Waals surface area contributed by atoms with Gasteiger partial charge in [0.05, 0.1) is 36.1 Å². The zero-order valence-electron chi connectivity index (χ0n) is 16.4. The van der Waals surface area contributed by atoms with Crippen molar-refractivity contribution in [3.8, 4) is 17.1 Å². The number of ether oxygens (including phenoxy) is 3. The Labute approximate surface area is 166 Å². The number of nitrogens with zero attached hydrogens (tertiary/aromatic N) is 2. The normalized spacial score (nSPS) is 16.9. The molecule has 1 aromatic carbocycles. The van der Waals surface area contributed by atoms with Gasteiger partial charge in [-0.1, -0.05) is 6.92 Å². The zero-order chi connectivity index (χ0) is 20.3. The highest BCUT2D eigenvalue weighted by atomic mass is 16.6. The third-order valence-electron chi connectivity index (χ3n) is 5.85. The van der Waals surface area contributed by atoms with Crippen molar-refractivity contribution in [1.82, 2.24) is 9.55 Å². The number of benzene rings is 1. The highest BCUT2D eigenvalue weighted by molar-refractivity contribution is 5.89. The topological polar surface area (TPSA) is 79.6 Å². The van der Waals surface area contributed by atoms with E-state index in [1.54, 1.807) is 11.7 Å². The van der Waals surface area contributed by atoms with Crippen molar-refractivity contribution in [2.45, 2.75) is 32.6 Å². The lowest BCUT2D eigenvalue weighted by atomic mass is 9.97. The summed E-state index contributed by atoms with van der Waals surface area (Å²) in [7, 11) is 3.08. The molecule has 2 aliphatic rings. The lowest BCUT2D eigenvalue weighted by molar-refractivity contribution is -0.159. The van der Waals surface area contributed by atoms with Crippen molar-refractivity contribution < 1.29 is 19.0 Å². The molecule has 2 aromatic heterocycles. The molecule has 5 rings (SSSR count). The molecule has 7 nitrogen and oxygen atoms in total. The van der Waals surface area contributed by atoms with Crippen LogP contribution in [0, 0.1) is 0 Å². The summed E-state index contributed by atoms with van der Waals surface area (Å²) in [6.45, 7) is 2.52. The smallest absolute Gasteiger partial charge is 0.340 e. The number of carbonyl (C=O) groups is 1. The van der Waals surface area contributed by atoms with Crippen molar-refractivity contribution in [2.75, 3.05) is 14.2 Å². The predicted octanol–water partition coefficient (Wildman–Crippen LogP) is 2.74. The molecule has 0 fully saturated rings. The van der Waals surface area contributed by atoms with Gasteiger partial charge in [-0.3, -0.25) is 4.79 Å². The van der Waals surface area contributed by atoms with Crippen molar-refractivity contribution in [3.63, 3.8) is 0 Å². The predicted molar refractivity (Wildman–Crippen MR) is 106 cm³/mol. The molecule has 7 heteroatoms. The van der Waals surface area contributed by atoms with Crippen molar-refractivity contribution >= 4 is 16.9 Å². The van der Waals surface area contributed by atoms with E-state index in [1.807, 2.05) is 24.3 Å². The molecule has 3 aromatic rings. The summed E-state index contributed by atoms with van der Waals surface area (Å²) in [6.07, 6.45) is -0.0871. The Morgan fingerprint density at radius 3 is 2.76 bits per heavy atom. The van der Waals surface area contributed by atoms with Crippen molar-refractivity contribution in [3.05, 3.63) is 56.9 Å². The first-order chi connectivity index (χ1) is 14.1. The van der Waals surface area contributed by atoms with E-state index >= 15 is 0 Å². The molecule has 0 N–H and O–H groups in total. The average Bonchev–Trinajstić information content (AvgIpc) is 3.10. The molecule has 1 unspecified atom stereocenters. The SMILES string of the molecule is CCc1c2c(nc3ccc(OC)cc13)-c1cc3c(c(=O)n1C2)COC(=O)C3OC. The van der Waals surface area contributed by atoms with Crippen LogP contribution in [0.3, 0.4) is 0 Å². The highest BCUT2D eigenvalue weighted by Gasteiger charge is 2.35. The lowest BCUT2D eigenvalue weighted by Crippen LogP contribution is -2.33. The summed E-state index contributed by atoms with van der Waals surface area (Å²) < 4.78 is 17.6. The van der Waals surface area contributed by atoms with E-state index in [0.717, 1.165) is 39.9 Å². The number of aryl methyl sites for hydroxylation is 1. The minimum absolute atomic E-state index is 0.0310. The van der Waals surface area contributed by atoms with Crippen LogP contribution in [-0.4, -0.2) is 29.7 Å². The van der Waals surface area contributed by atoms with Crippen LogP contribution in [0.2, 0.25) is 0 Å². The second-order valence-electron chi connectivity index (χ2n) is 7.23. The molecule has 0 amide bonds. The van der Waals surface area contributed by atoms with E-state index in [2.05, 4.69) is 6.92 Å². The molecule has 1 atom stereocenters. The summed E-state index contributed by atoms with van der Waals surface area (Å²) >= 11 is 0. The molecule has 2 aliphatic heterocycles. The highest BCUT2D eigenvalue weighted by Crippen LogP contribution is 2.39. The van der Waals surface area contributed by atoms with Crippen LogP contribution in [-0.2, 0) is 33.8 Å². The molecule has 148 valence electrons. The molecule has 0 saturated heterocycles. The fourth-order valence-electron chi connectivity index (χ4n) is 4.43. The van der Waals surface area contributed by atoms with Crippen LogP contribution >= 0.6 is 0 Å². The number of pyridine rings is 2. The van der Waals surface area contributed by atoms with Crippen molar-refractivity contribution in [2.24, 2.45) is 0 Å². The average molecular weight is 392 g/mol. The summed E-state index contributed by atoms with van der Waals surface area (Å²) in [5.41, 5.74) is 5.42. The van der Waals surface area contributed by atoms with Gasteiger partial charge in [0.25, 0.3) is 5.56 Å². The van der Waals surface area contributed by atoms with Crippen LogP contribution in [0.4, 0.5) is 0 Å². The number of carbonyl (C=O) groups excluding carboxylic acids is 1. The molecular weight excluding hydrogens is 372 g/mol. The molecular formula is C22H20N2O5. The Morgan fingerprint density at radius 2 is 2.03 bits per heavy atom. The largest absolute Gasteiger partial charge is 0.497 e. The number of cyclic esters (lactones) is 1. The Hall–Kier alpha value is -3.19. The van der Waals surface area contributed by atoms with Gasteiger partial charge in [-0.05, 0) is 36.2 Å². The second-order valence-corrected chi connectivity index (χ2v) is 7.23. The number of esters is 1. The molecule has 29 heavy (non-hydrogen) atoms. The van der Waals surface area contributed by atoms with E-state index in [0.29, 0.717) is 23.4 Å². The van der Waals surface area contributed by atoms with Gasteiger partial charge in [0.15, 0.2) is 6.10 Å². The van der Waals surface area contributed by atoms with Crippen LogP contribution < -0.4 is 10.3 Å². The van der Waals surface area contributed by atoms with Gasteiger partial charge in [-0.25, -0.2) is 9.78 Å². The Balaban J connectivity index is 1.79. The minimum Gasteiger partial charge on any atom is -0.497 e. The first-order valence-electron chi connectivity index (χ1n) is 9.53. The number of hydrogen-bond acceptors (Lipinski definition) is 6. The van der Waals surface area contributed by atoms with E-state index in [4.69, 9.17) is 19.2 Å². The molecule has 0 bridgehead atoms. The Kier molecular flexibility index (Phi) is 3.96. The number of rotatable bonds is 3. The third kappa shape index (κ3) is 2.43. The number of fused-ring (bicyclic) bond motifs is 5. The number of aromatic nitrogens is 2. The van der Waals surface area contributed by atoms with Crippen LogP contribution in [0.5, 0.6) is 5.75 Å². The standard InChI is InChI=1S/C22H20N2O5/c1-4-12-13-7-11(27-2)5-6-17(13)23-19-15(12)9-24-18(19)8-14-16(21(24)25)10-29-22(26)20(14)28-3/h5-8,20H,4,9-10H2,1-3H3. The van der Waals surface area contributed by atoms with Gasteiger partial charge in [-0.2, -0.15) is 0 Å². The van der Waals surface area contributed by atoms with Gasteiger partial charge < -0.3 is 18.8 Å². The fourth-order valence-corrected chi connectivity index (χ4v) is 4.43. The first kappa shape index (κ1) is 17.9. The molecule has 0 aliphatic carbocycles. The van der Waals surface area contributed by atoms with Gasteiger partial charge in [-0.15, -0.1) is 0 Å². The van der Waals surface area contributed by atoms with E-state index < -0.39 is 12.1 Å². The van der Waals surface area contributed by atoms with Crippen LogP contribution in [0.15, 0.2) is 29.1 Å². The van der Waals surface area contributed by atoms with Gasteiger partial charge in [0.2, 0.25) is 0 Å². The quantitative estimate of drug-likeness (QED) is 0.499. The maximum absolute atomic E-state index is 13.2. The van der Waals surface area contributed by atoms with E-state index in [9.17, 15) is 9.59 Å².